The number of carbonyl (C=O) groups is 1. The molecule has 0 aliphatic carbocycles. The Kier molecular flexibility index (Phi) is 4.78. The van der Waals surface area contributed by atoms with E-state index in [4.69, 9.17) is 0 Å². The quantitative estimate of drug-likeness (QED) is 0.727. The molecule has 26 heavy (non-hydrogen) atoms. The number of amides is 1. The fourth-order valence-electron chi connectivity index (χ4n) is 3.63. The van der Waals surface area contributed by atoms with Crippen LogP contribution < -0.4 is 0 Å². The number of pyridine rings is 1. The molecule has 5 heteroatoms. The molecule has 3 heterocycles. The van der Waals surface area contributed by atoms with Gasteiger partial charge in [0.2, 0.25) is 0 Å². The first-order valence-electron chi connectivity index (χ1n) is 9.10. The molecule has 0 bridgehead atoms. The first-order chi connectivity index (χ1) is 12.8. The molecule has 1 amide bonds. The number of carbonyl (C=O) groups excluding carboxylic acids is 1. The summed E-state index contributed by atoms with van der Waals surface area (Å²) in [6.45, 7) is 1.60. The number of benzene rings is 1. The van der Waals surface area contributed by atoms with Crippen molar-refractivity contribution in [3.63, 3.8) is 0 Å². The summed E-state index contributed by atoms with van der Waals surface area (Å²) in [7, 11) is 0. The second-order valence-corrected chi connectivity index (χ2v) is 6.70. The fraction of sp³-hybridized carbons (Fsp3) is 0.286. The van der Waals surface area contributed by atoms with Crippen molar-refractivity contribution >= 4 is 5.91 Å². The fourth-order valence-corrected chi connectivity index (χ4v) is 3.63. The van der Waals surface area contributed by atoms with Gasteiger partial charge in [-0.25, -0.2) is 9.97 Å². The van der Waals surface area contributed by atoms with Crippen molar-refractivity contribution in [2.75, 3.05) is 13.1 Å². The van der Waals surface area contributed by atoms with Crippen LogP contribution in [0.4, 0.5) is 0 Å². The van der Waals surface area contributed by atoms with Crippen LogP contribution in [-0.2, 0) is 0 Å². The van der Waals surface area contributed by atoms with E-state index in [0.29, 0.717) is 17.3 Å². The molecular weight excluding hydrogens is 324 g/mol. The molecule has 1 atom stereocenters. The monoisotopic (exact) mass is 346 g/mol. The van der Waals surface area contributed by atoms with Crippen LogP contribution in [0.3, 0.4) is 0 Å². The average molecular weight is 346 g/mol. The third kappa shape index (κ3) is 3.52. The van der Waals surface area contributed by atoms with Crippen LogP contribution in [0.1, 0.15) is 41.1 Å². The average Bonchev–Trinajstić information content (AvgIpc) is 3.13. The molecule has 1 fully saturated rings. The molecule has 1 aromatic carbocycles. The highest BCUT2D eigenvalue weighted by Gasteiger charge is 2.22. The molecular formula is C21H22N4O. The minimum Gasteiger partial charge on any atom is -0.339 e. The molecule has 0 N–H and O–H groups in total. The van der Waals surface area contributed by atoms with Crippen molar-refractivity contribution in [2.45, 2.75) is 25.2 Å². The number of hydrogen-bond donors (Lipinski definition) is 0. The van der Waals surface area contributed by atoms with Gasteiger partial charge in [-0.3, -0.25) is 9.36 Å². The largest absolute Gasteiger partial charge is 0.339 e. The van der Waals surface area contributed by atoms with Crippen molar-refractivity contribution in [1.82, 2.24) is 19.4 Å². The van der Waals surface area contributed by atoms with E-state index in [-0.39, 0.29) is 5.91 Å². The lowest BCUT2D eigenvalue weighted by Crippen LogP contribution is -2.32. The van der Waals surface area contributed by atoms with Crippen LogP contribution in [-0.4, -0.2) is 38.4 Å². The van der Waals surface area contributed by atoms with Gasteiger partial charge in [-0.2, -0.15) is 0 Å². The van der Waals surface area contributed by atoms with Crippen LogP contribution in [0, 0.1) is 0 Å². The van der Waals surface area contributed by atoms with Crippen LogP contribution >= 0.6 is 0 Å². The lowest BCUT2D eigenvalue weighted by molar-refractivity contribution is 0.0761. The second-order valence-electron chi connectivity index (χ2n) is 6.70. The van der Waals surface area contributed by atoms with Crippen molar-refractivity contribution in [3.05, 3.63) is 78.5 Å². The Morgan fingerprint density at radius 3 is 2.73 bits per heavy atom. The molecule has 0 radical (unpaired) electrons. The maximum Gasteiger partial charge on any atom is 0.254 e. The number of aromatic nitrogens is 3. The molecule has 4 rings (SSSR count). The Hall–Kier alpha value is -2.95. The number of imidazole rings is 1. The van der Waals surface area contributed by atoms with Crippen LogP contribution in [0.25, 0.3) is 5.82 Å². The van der Waals surface area contributed by atoms with Gasteiger partial charge in [0.25, 0.3) is 5.91 Å². The Balaban J connectivity index is 1.48. The Morgan fingerprint density at radius 1 is 1.04 bits per heavy atom. The van der Waals surface area contributed by atoms with Gasteiger partial charge in [-0.05, 0) is 42.9 Å². The molecule has 1 aliphatic heterocycles. The van der Waals surface area contributed by atoms with Gasteiger partial charge in [0.15, 0.2) is 0 Å². The lowest BCUT2D eigenvalue weighted by Gasteiger charge is -2.21. The van der Waals surface area contributed by atoms with Crippen molar-refractivity contribution < 1.29 is 4.79 Å². The highest BCUT2D eigenvalue weighted by molar-refractivity contribution is 5.94. The van der Waals surface area contributed by atoms with Crippen LogP contribution in [0.2, 0.25) is 0 Å². The zero-order chi connectivity index (χ0) is 17.8. The Bertz CT molecular complexity index is 861. The van der Waals surface area contributed by atoms with E-state index in [2.05, 4.69) is 40.3 Å². The summed E-state index contributed by atoms with van der Waals surface area (Å²) in [4.78, 5) is 23.3. The summed E-state index contributed by atoms with van der Waals surface area (Å²) in [5, 5.41) is 0. The maximum atomic E-state index is 13.0. The number of rotatable bonds is 3. The van der Waals surface area contributed by atoms with E-state index >= 15 is 0 Å². The van der Waals surface area contributed by atoms with Crippen molar-refractivity contribution in [1.29, 1.82) is 0 Å². The van der Waals surface area contributed by atoms with Gasteiger partial charge in [0.1, 0.15) is 12.1 Å². The summed E-state index contributed by atoms with van der Waals surface area (Å²) in [5.74, 6) is 1.33. The van der Waals surface area contributed by atoms with Gasteiger partial charge in [0.05, 0.1) is 0 Å². The third-order valence-electron chi connectivity index (χ3n) is 5.05. The number of nitrogens with zero attached hydrogens (tertiary/aromatic N) is 4. The SMILES string of the molecule is O=C(c1ccnc(-n2ccnc2)c1)N1CCC[C@H](c2ccccc2)CC1. The Labute approximate surface area is 153 Å². The molecule has 132 valence electrons. The molecule has 0 spiro atoms. The first-order valence-corrected chi connectivity index (χ1v) is 9.10. The molecule has 0 saturated carbocycles. The molecule has 3 aromatic rings. The summed E-state index contributed by atoms with van der Waals surface area (Å²) in [6, 6.07) is 14.3. The standard InChI is InChI=1S/C21H22N4O/c26-21(19-8-10-23-20(15-19)25-14-11-22-16-25)24-12-4-7-18(9-13-24)17-5-2-1-3-6-17/h1-3,5-6,8,10-11,14-16,18H,4,7,9,12-13H2/t18-/m0/s1. The molecule has 1 aliphatic rings. The first kappa shape index (κ1) is 16.5. The molecule has 1 saturated heterocycles. The van der Waals surface area contributed by atoms with E-state index in [1.54, 1.807) is 24.8 Å². The third-order valence-corrected chi connectivity index (χ3v) is 5.05. The van der Waals surface area contributed by atoms with Crippen molar-refractivity contribution in [2.24, 2.45) is 0 Å². The molecule has 0 unspecified atom stereocenters. The van der Waals surface area contributed by atoms with Crippen LogP contribution in [0.15, 0.2) is 67.4 Å². The van der Waals surface area contributed by atoms with Gasteiger partial charge in [0, 0.05) is 37.2 Å². The van der Waals surface area contributed by atoms with Crippen LogP contribution in [0.5, 0.6) is 0 Å². The maximum absolute atomic E-state index is 13.0. The topological polar surface area (TPSA) is 51.0 Å². The number of likely N-dealkylation sites (tertiary alicyclic amines) is 1. The summed E-state index contributed by atoms with van der Waals surface area (Å²) in [5.41, 5.74) is 2.06. The summed E-state index contributed by atoms with van der Waals surface area (Å²) in [6.07, 6.45) is 10.1. The Morgan fingerprint density at radius 2 is 1.92 bits per heavy atom. The van der Waals surface area contributed by atoms with E-state index in [1.807, 2.05) is 21.7 Å². The van der Waals surface area contributed by atoms with E-state index in [1.165, 1.54) is 5.56 Å². The predicted molar refractivity (Wildman–Crippen MR) is 100 cm³/mol. The predicted octanol–water partition coefficient (Wildman–Crippen LogP) is 3.68. The second kappa shape index (κ2) is 7.52. The van der Waals surface area contributed by atoms with E-state index in [0.717, 1.165) is 32.4 Å². The highest BCUT2D eigenvalue weighted by atomic mass is 16.2. The van der Waals surface area contributed by atoms with E-state index < -0.39 is 0 Å². The van der Waals surface area contributed by atoms with E-state index in [9.17, 15) is 4.79 Å². The van der Waals surface area contributed by atoms with Gasteiger partial charge in [-0.1, -0.05) is 30.3 Å². The smallest absolute Gasteiger partial charge is 0.254 e. The normalized spacial score (nSPS) is 17.7. The number of hydrogen-bond acceptors (Lipinski definition) is 3. The van der Waals surface area contributed by atoms with Gasteiger partial charge >= 0.3 is 0 Å². The molecule has 5 nitrogen and oxygen atoms in total. The zero-order valence-electron chi connectivity index (χ0n) is 14.7. The summed E-state index contributed by atoms with van der Waals surface area (Å²) >= 11 is 0. The van der Waals surface area contributed by atoms with Gasteiger partial charge in [-0.15, -0.1) is 0 Å². The zero-order valence-corrected chi connectivity index (χ0v) is 14.7. The molecule has 2 aromatic heterocycles. The minimum atomic E-state index is 0.0856. The van der Waals surface area contributed by atoms with Crippen molar-refractivity contribution in [3.8, 4) is 5.82 Å². The lowest BCUT2D eigenvalue weighted by atomic mass is 9.92. The van der Waals surface area contributed by atoms with Gasteiger partial charge < -0.3 is 4.90 Å². The summed E-state index contributed by atoms with van der Waals surface area (Å²) < 4.78 is 1.81. The minimum absolute atomic E-state index is 0.0856. The highest BCUT2D eigenvalue weighted by Crippen LogP contribution is 2.28.